The number of benzene rings is 2. The fourth-order valence-electron chi connectivity index (χ4n) is 2.07. The summed E-state index contributed by atoms with van der Waals surface area (Å²) in [6.07, 6.45) is 0. The number of oxime groups is 1. The topological polar surface area (TPSA) is 61.8 Å². The molecule has 0 saturated carbocycles. The van der Waals surface area contributed by atoms with Crippen molar-refractivity contribution in [1.82, 2.24) is 0 Å². The maximum Gasteiger partial charge on any atom is 0.172 e. The lowest BCUT2D eigenvalue weighted by Crippen LogP contribution is -2.22. The van der Waals surface area contributed by atoms with Gasteiger partial charge in [0, 0.05) is 29.3 Å². The fourth-order valence-corrected chi connectivity index (χ4v) is 2.52. The van der Waals surface area contributed by atoms with Crippen LogP contribution in [0, 0.1) is 0 Å². The highest BCUT2D eigenvalue weighted by Gasteiger charge is 2.10. The number of halogens is 1. The average Bonchev–Trinajstić information content (AvgIpc) is 2.46. The molecule has 0 radical (unpaired) electrons. The minimum Gasteiger partial charge on any atom is -0.409 e. The Morgan fingerprint density at radius 1 is 1.25 bits per heavy atom. The average molecular weight is 334 g/mol. The van der Waals surface area contributed by atoms with Crippen molar-refractivity contribution in [3.05, 3.63) is 64.1 Å². The van der Waals surface area contributed by atoms with Gasteiger partial charge in [-0.25, -0.2) is 0 Å². The van der Waals surface area contributed by atoms with Gasteiger partial charge in [-0.3, -0.25) is 0 Å². The Morgan fingerprint density at radius 3 is 2.70 bits per heavy atom. The highest BCUT2D eigenvalue weighted by molar-refractivity contribution is 9.10. The summed E-state index contributed by atoms with van der Waals surface area (Å²) in [5, 5.41) is 11.9. The largest absolute Gasteiger partial charge is 0.409 e. The second-order valence-electron chi connectivity index (χ2n) is 4.49. The fraction of sp³-hybridized carbons (Fsp3) is 0.133. The number of hydrogen-bond donors (Lipinski definition) is 2. The molecule has 0 heterocycles. The summed E-state index contributed by atoms with van der Waals surface area (Å²) in [5.74, 6) is 0.113. The van der Waals surface area contributed by atoms with E-state index in [-0.39, 0.29) is 5.84 Å². The summed E-state index contributed by atoms with van der Waals surface area (Å²) in [6.45, 7) is 0.731. The van der Waals surface area contributed by atoms with E-state index < -0.39 is 0 Å². The lowest BCUT2D eigenvalue weighted by Gasteiger charge is -2.22. The van der Waals surface area contributed by atoms with E-state index in [1.807, 2.05) is 43.4 Å². The van der Waals surface area contributed by atoms with E-state index in [1.54, 1.807) is 0 Å². The zero-order valence-corrected chi connectivity index (χ0v) is 12.7. The molecule has 4 nitrogen and oxygen atoms in total. The van der Waals surface area contributed by atoms with E-state index in [0.29, 0.717) is 5.56 Å². The Morgan fingerprint density at radius 2 is 2.00 bits per heavy atom. The number of nitrogens with two attached hydrogens (primary N) is 1. The Kier molecular flexibility index (Phi) is 4.63. The molecule has 0 unspecified atom stereocenters. The van der Waals surface area contributed by atoms with Gasteiger partial charge >= 0.3 is 0 Å². The molecule has 0 aliphatic rings. The highest BCUT2D eigenvalue weighted by atomic mass is 79.9. The van der Waals surface area contributed by atoms with Gasteiger partial charge in [-0.1, -0.05) is 45.4 Å². The van der Waals surface area contributed by atoms with Crippen LogP contribution in [0.3, 0.4) is 0 Å². The van der Waals surface area contributed by atoms with E-state index in [4.69, 9.17) is 10.9 Å². The first-order valence-electron chi connectivity index (χ1n) is 6.14. The van der Waals surface area contributed by atoms with Crippen molar-refractivity contribution in [1.29, 1.82) is 0 Å². The molecule has 0 aliphatic carbocycles. The third kappa shape index (κ3) is 3.30. The lowest BCUT2D eigenvalue weighted by molar-refractivity contribution is 0.318. The molecule has 0 atom stereocenters. The second kappa shape index (κ2) is 6.43. The first-order valence-corrected chi connectivity index (χ1v) is 6.93. The molecule has 0 spiro atoms. The van der Waals surface area contributed by atoms with E-state index in [0.717, 1.165) is 16.7 Å². The Bertz CT molecular complexity index is 628. The van der Waals surface area contributed by atoms with Crippen LogP contribution in [-0.2, 0) is 6.54 Å². The molecular weight excluding hydrogens is 318 g/mol. The van der Waals surface area contributed by atoms with Gasteiger partial charge in [-0.05, 0) is 29.8 Å². The number of hydrogen-bond acceptors (Lipinski definition) is 3. The molecule has 2 aromatic carbocycles. The standard InChI is InChI=1S/C15H16BrN3O/c1-19(10-11-5-4-6-12(16)9-11)14-8-3-2-7-13(14)15(17)18-20/h2-9,20H,10H2,1H3,(H2,17,18). The summed E-state index contributed by atoms with van der Waals surface area (Å²) in [7, 11) is 1.98. The summed E-state index contributed by atoms with van der Waals surface area (Å²) in [6, 6.07) is 15.7. The summed E-state index contributed by atoms with van der Waals surface area (Å²) < 4.78 is 1.05. The first kappa shape index (κ1) is 14.4. The molecule has 3 N–H and O–H groups in total. The predicted molar refractivity (Wildman–Crippen MR) is 85.2 cm³/mol. The Hall–Kier alpha value is -2.01. The highest BCUT2D eigenvalue weighted by Crippen LogP contribution is 2.21. The summed E-state index contributed by atoms with van der Waals surface area (Å²) in [4.78, 5) is 2.06. The van der Waals surface area contributed by atoms with Crippen LogP contribution in [0.15, 0.2) is 58.2 Å². The smallest absolute Gasteiger partial charge is 0.172 e. The van der Waals surface area contributed by atoms with Gasteiger partial charge in [0.2, 0.25) is 0 Å². The molecule has 0 bridgehead atoms. The Balaban J connectivity index is 2.28. The molecule has 2 aromatic rings. The van der Waals surface area contributed by atoms with Crippen LogP contribution < -0.4 is 10.6 Å². The molecule has 20 heavy (non-hydrogen) atoms. The number of nitrogens with zero attached hydrogens (tertiary/aromatic N) is 2. The van der Waals surface area contributed by atoms with Gasteiger partial charge in [0.1, 0.15) is 0 Å². The van der Waals surface area contributed by atoms with Crippen LogP contribution in [-0.4, -0.2) is 18.1 Å². The van der Waals surface area contributed by atoms with Crippen molar-refractivity contribution in [2.45, 2.75) is 6.54 Å². The zero-order chi connectivity index (χ0) is 14.5. The molecule has 104 valence electrons. The van der Waals surface area contributed by atoms with Gasteiger partial charge in [-0.2, -0.15) is 0 Å². The van der Waals surface area contributed by atoms with E-state index in [1.165, 1.54) is 5.56 Å². The van der Waals surface area contributed by atoms with E-state index >= 15 is 0 Å². The molecular formula is C15H16BrN3O. The minimum absolute atomic E-state index is 0.113. The van der Waals surface area contributed by atoms with Crippen LogP contribution in [0.25, 0.3) is 0 Å². The second-order valence-corrected chi connectivity index (χ2v) is 5.40. The molecule has 0 aliphatic heterocycles. The molecule has 0 fully saturated rings. The van der Waals surface area contributed by atoms with Crippen molar-refractivity contribution in [3.63, 3.8) is 0 Å². The quantitative estimate of drug-likeness (QED) is 0.391. The van der Waals surface area contributed by atoms with Crippen molar-refractivity contribution in [2.24, 2.45) is 10.9 Å². The zero-order valence-electron chi connectivity index (χ0n) is 11.1. The van der Waals surface area contributed by atoms with Crippen molar-refractivity contribution in [3.8, 4) is 0 Å². The van der Waals surface area contributed by atoms with Gasteiger partial charge < -0.3 is 15.8 Å². The predicted octanol–water partition coefficient (Wildman–Crippen LogP) is 3.18. The number of rotatable bonds is 4. The van der Waals surface area contributed by atoms with Crippen molar-refractivity contribution in [2.75, 3.05) is 11.9 Å². The van der Waals surface area contributed by atoms with Gasteiger partial charge in [-0.15, -0.1) is 0 Å². The molecule has 0 saturated heterocycles. The van der Waals surface area contributed by atoms with Crippen molar-refractivity contribution >= 4 is 27.5 Å². The van der Waals surface area contributed by atoms with E-state index in [2.05, 4.69) is 38.1 Å². The van der Waals surface area contributed by atoms with Gasteiger partial charge in [0.15, 0.2) is 5.84 Å². The summed E-state index contributed by atoms with van der Waals surface area (Å²) in [5.41, 5.74) is 8.53. The number of amidine groups is 1. The normalized spacial score (nSPS) is 11.4. The van der Waals surface area contributed by atoms with Gasteiger partial charge in [0.25, 0.3) is 0 Å². The molecule has 5 heteroatoms. The van der Waals surface area contributed by atoms with Crippen LogP contribution in [0.2, 0.25) is 0 Å². The lowest BCUT2D eigenvalue weighted by atomic mass is 10.1. The molecule has 0 amide bonds. The monoisotopic (exact) mass is 333 g/mol. The maximum absolute atomic E-state index is 8.86. The third-order valence-electron chi connectivity index (χ3n) is 3.01. The number of para-hydroxylation sites is 1. The van der Waals surface area contributed by atoms with Crippen LogP contribution >= 0.6 is 15.9 Å². The van der Waals surface area contributed by atoms with Crippen LogP contribution in [0.1, 0.15) is 11.1 Å². The van der Waals surface area contributed by atoms with Gasteiger partial charge in [0.05, 0.1) is 0 Å². The molecule has 0 aromatic heterocycles. The minimum atomic E-state index is 0.113. The van der Waals surface area contributed by atoms with Crippen molar-refractivity contribution < 1.29 is 5.21 Å². The summed E-state index contributed by atoms with van der Waals surface area (Å²) >= 11 is 3.47. The van der Waals surface area contributed by atoms with Crippen LogP contribution in [0.5, 0.6) is 0 Å². The Labute approximate surface area is 126 Å². The first-order chi connectivity index (χ1) is 9.61. The van der Waals surface area contributed by atoms with Crippen LogP contribution in [0.4, 0.5) is 5.69 Å². The number of anilines is 1. The maximum atomic E-state index is 8.86. The molecule has 2 rings (SSSR count). The SMILES string of the molecule is CN(Cc1cccc(Br)c1)c1ccccc1C(N)=NO. The third-order valence-corrected chi connectivity index (χ3v) is 3.50. The van der Waals surface area contributed by atoms with E-state index in [9.17, 15) is 0 Å².